The Balaban J connectivity index is 1.99. The van der Waals surface area contributed by atoms with Crippen LogP contribution in [0.2, 0.25) is 0 Å². The van der Waals surface area contributed by atoms with E-state index in [1.54, 1.807) is 24.3 Å². The molecule has 0 saturated heterocycles. The fourth-order valence-electron chi connectivity index (χ4n) is 1.82. The molecule has 1 aromatic carbocycles. The highest BCUT2D eigenvalue weighted by Crippen LogP contribution is 2.22. The Morgan fingerprint density at radius 3 is 2.22 bits per heavy atom. The van der Waals surface area contributed by atoms with Crippen LogP contribution in [-0.2, 0) is 9.09 Å². The molecule has 1 aliphatic heterocycles. The van der Waals surface area contributed by atoms with Gasteiger partial charge in [-0.1, -0.05) is 12.1 Å². The zero-order valence-electron chi connectivity index (χ0n) is 9.46. The first-order valence-electron chi connectivity index (χ1n) is 5.42. The number of carbonyl (C=O) groups is 2. The highest BCUT2D eigenvalue weighted by atomic mass is 31.1. The summed E-state index contributed by atoms with van der Waals surface area (Å²) < 4.78 is 14.8. The molecule has 1 heterocycles. The molecule has 6 nitrogen and oxygen atoms in total. The van der Waals surface area contributed by atoms with E-state index in [2.05, 4.69) is 4.52 Å². The molecule has 0 saturated carbocycles. The molecule has 0 bridgehead atoms. The molecule has 1 aromatic rings. The van der Waals surface area contributed by atoms with Crippen molar-refractivity contribution in [3.8, 4) is 0 Å². The molecule has 18 heavy (non-hydrogen) atoms. The van der Waals surface area contributed by atoms with E-state index >= 15 is 0 Å². The number of hydrogen-bond donors (Lipinski definition) is 1. The highest BCUT2D eigenvalue weighted by Gasteiger charge is 2.34. The van der Waals surface area contributed by atoms with Crippen LogP contribution in [0.25, 0.3) is 0 Å². The molecule has 1 unspecified atom stereocenters. The molecule has 1 atom stereocenters. The number of amides is 2. The minimum Gasteiger partial charge on any atom is -0.326 e. The van der Waals surface area contributed by atoms with Crippen LogP contribution in [-0.4, -0.2) is 34.8 Å². The van der Waals surface area contributed by atoms with Gasteiger partial charge in [0.25, 0.3) is 11.8 Å². The van der Waals surface area contributed by atoms with Gasteiger partial charge in [0.05, 0.1) is 17.7 Å². The van der Waals surface area contributed by atoms with E-state index in [-0.39, 0.29) is 25.0 Å². The van der Waals surface area contributed by atoms with E-state index in [4.69, 9.17) is 4.89 Å². The molecule has 0 spiro atoms. The van der Waals surface area contributed by atoms with E-state index in [0.717, 1.165) is 4.90 Å². The molecule has 1 N–H and O–H groups in total. The van der Waals surface area contributed by atoms with Crippen LogP contribution >= 0.6 is 8.25 Å². The van der Waals surface area contributed by atoms with Crippen LogP contribution < -0.4 is 0 Å². The Morgan fingerprint density at radius 1 is 1.17 bits per heavy atom. The third kappa shape index (κ3) is 2.51. The number of rotatable bonds is 5. The monoisotopic (exact) mass is 269 g/mol. The maximum Gasteiger partial charge on any atom is 0.316 e. The number of imide groups is 1. The molecule has 7 heteroatoms. The maximum absolute atomic E-state index is 11.9. The van der Waals surface area contributed by atoms with Crippen LogP contribution in [0.1, 0.15) is 27.1 Å². The Kier molecular flexibility index (Phi) is 3.91. The van der Waals surface area contributed by atoms with Crippen LogP contribution in [0.4, 0.5) is 0 Å². The van der Waals surface area contributed by atoms with Crippen LogP contribution in [0.5, 0.6) is 0 Å². The summed E-state index contributed by atoms with van der Waals surface area (Å²) >= 11 is 0. The number of hydrogen-bond acceptors (Lipinski definition) is 4. The van der Waals surface area contributed by atoms with E-state index in [0.29, 0.717) is 17.5 Å². The second-order valence-corrected chi connectivity index (χ2v) is 4.60. The lowest BCUT2D eigenvalue weighted by Gasteiger charge is -2.12. The molecule has 1 aliphatic rings. The lowest BCUT2D eigenvalue weighted by molar-refractivity contribution is 0.0647. The molecule has 0 aliphatic carbocycles. The summed E-state index contributed by atoms with van der Waals surface area (Å²) in [7, 11) is -2.95. The van der Waals surface area contributed by atoms with Gasteiger partial charge in [-0.25, -0.2) is 0 Å². The van der Waals surface area contributed by atoms with Crippen molar-refractivity contribution in [3.05, 3.63) is 35.4 Å². The van der Waals surface area contributed by atoms with Crippen molar-refractivity contribution in [2.75, 3.05) is 13.2 Å². The van der Waals surface area contributed by atoms with Gasteiger partial charge in [-0.2, -0.15) is 0 Å². The Morgan fingerprint density at radius 2 is 1.72 bits per heavy atom. The summed E-state index contributed by atoms with van der Waals surface area (Å²) in [4.78, 5) is 33.4. The van der Waals surface area contributed by atoms with Crippen molar-refractivity contribution in [1.82, 2.24) is 4.90 Å². The molecule has 0 radical (unpaired) electrons. The van der Waals surface area contributed by atoms with Crippen molar-refractivity contribution in [2.24, 2.45) is 0 Å². The summed E-state index contributed by atoms with van der Waals surface area (Å²) in [6.45, 7) is 0.225. The predicted molar refractivity (Wildman–Crippen MR) is 63.6 cm³/mol. The van der Waals surface area contributed by atoms with Gasteiger partial charge in [0.2, 0.25) is 0 Å². The zero-order valence-corrected chi connectivity index (χ0v) is 10.5. The lowest BCUT2D eigenvalue weighted by Crippen LogP contribution is -2.31. The van der Waals surface area contributed by atoms with Crippen molar-refractivity contribution in [1.29, 1.82) is 0 Å². The van der Waals surface area contributed by atoms with Crippen molar-refractivity contribution in [3.63, 3.8) is 0 Å². The number of carbonyl (C=O) groups excluding carboxylic acids is 2. The average molecular weight is 269 g/mol. The first kappa shape index (κ1) is 13.0. The zero-order chi connectivity index (χ0) is 13.1. The van der Waals surface area contributed by atoms with Gasteiger partial charge in [-0.3, -0.25) is 19.1 Å². The van der Waals surface area contributed by atoms with E-state index in [1.807, 2.05) is 0 Å². The number of benzene rings is 1. The summed E-state index contributed by atoms with van der Waals surface area (Å²) in [6.07, 6.45) is 0.336. The topological polar surface area (TPSA) is 83.9 Å². The maximum atomic E-state index is 11.9. The normalized spacial score (nSPS) is 15.9. The fraction of sp³-hybridized carbons (Fsp3) is 0.273. The van der Waals surface area contributed by atoms with E-state index in [9.17, 15) is 14.2 Å². The first-order chi connectivity index (χ1) is 8.61. The minimum absolute atomic E-state index is 0.0434. The molecular weight excluding hydrogens is 257 g/mol. The number of nitrogens with zero attached hydrogens (tertiary/aromatic N) is 1. The quantitative estimate of drug-likeness (QED) is 0.491. The molecule has 96 valence electrons. The second kappa shape index (κ2) is 5.44. The SMILES string of the molecule is O=C1c2ccccc2C(=O)N1CCCO[PH](=O)O. The Labute approximate surface area is 104 Å². The summed E-state index contributed by atoms with van der Waals surface area (Å²) in [5.41, 5.74) is 0.804. The number of fused-ring (bicyclic) bond motifs is 1. The third-order valence-corrected chi connectivity index (χ3v) is 3.08. The van der Waals surface area contributed by atoms with E-state index < -0.39 is 8.25 Å². The molecule has 0 aromatic heterocycles. The largest absolute Gasteiger partial charge is 0.326 e. The molecule has 2 rings (SSSR count). The van der Waals surface area contributed by atoms with Gasteiger partial charge in [-0.05, 0) is 18.6 Å². The molecular formula is C11H12NO5P. The van der Waals surface area contributed by atoms with Crippen LogP contribution in [0, 0.1) is 0 Å². The summed E-state index contributed by atoms with van der Waals surface area (Å²) in [5, 5.41) is 0. The molecule has 0 fully saturated rings. The summed E-state index contributed by atoms with van der Waals surface area (Å²) in [6, 6.07) is 6.63. The smallest absolute Gasteiger partial charge is 0.316 e. The lowest BCUT2D eigenvalue weighted by atomic mass is 10.1. The fourth-order valence-corrected chi connectivity index (χ4v) is 2.14. The Bertz CT molecular complexity index is 481. The minimum atomic E-state index is -2.95. The van der Waals surface area contributed by atoms with Gasteiger partial charge >= 0.3 is 8.25 Å². The van der Waals surface area contributed by atoms with Crippen molar-refractivity contribution < 1.29 is 23.6 Å². The van der Waals surface area contributed by atoms with Crippen LogP contribution in [0.15, 0.2) is 24.3 Å². The van der Waals surface area contributed by atoms with Gasteiger partial charge in [0.15, 0.2) is 0 Å². The summed E-state index contributed by atoms with van der Waals surface area (Å²) in [5.74, 6) is -0.653. The third-order valence-electron chi connectivity index (χ3n) is 2.63. The Hall–Kier alpha value is -1.49. The predicted octanol–water partition coefficient (Wildman–Crippen LogP) is 1.07. The van der Waals surface area contributed by atoms with Crippen molar-refractivity contribution in [2.45, 2.75) is 6.42 Å². The second-order valence-electron chi connectivity index (χ2n) is 3.78. The van der Waals surface area contributed by atoms with Crippen LogP contribution in [0.3, 0.4) is 0 Å². The molecule has 2 amide bonds. The standard InChI is InChI=1S/C11H12NO5P/c13-10-8-4-1-2-5-9(8)11(14)12(10)6-3-7-17-18(15)16/h1-2,4-5,18H,3,6-7H2,(H,15,16). The first-order valence-corrected chi connectivity index (χ1v) is 6.68. The van der Waals surface area contributed by atoms with E-state index in [1.165, 1.54) is 0 Å². The van der Waals surface area contributed by atoms with Gasteiger partial charge in [0, 0.05) is 6.54 Å². The van der Waals surface area contributed by atoms with Gasteiger partial charge in [0.1, 0.15) is 0 Å². The highest BCUT2D eigenvalue weighted by molar-refractivity contribution is 7.32. The van der Waals surface area contributed by atoms with Crippen molar-refractivity contribution >= 4 is 20.1 Å². The average Bonchev–Trinajstić information content (AvgIpc) is 2.59. The van der Waals surface area contributed by atoms with Gasteiger partial charge in [-0.15, -0.1) is 0 Å². The van der Waals surface area contributed by atoms with Gasteiger partial charge < -0.3 is 9.42 Å².